The van der Waals surface area contributed by atoms with Gasteiger partial charge in [-0.2, -0.15) is 13.2 Å². The lowest BCUT2D eigenvalue weighted by molar-refractivity contribution is -0.138. The van der Waals surface area contributed by atoms with Crippen LogP contribution in [-0.4, -0.2) is 17.7 Å². The average molecular weight is 459 g/mol. The predicted octanol–water partition coefficient (Wildman–Crippen LogP) is 6.92. The van der Waals surface area contributed by atoms with E-state index in [1.807, 2.05) is 13.0 Å². The number of benzene rings is 2. The van der Waals surface area contributed by atoms with Gasteiger partial charge in [0.05, 0.1) is 23.6 Å². The molecule has 1 atom stereocenters. The van der Waals surface area contributed by atoms with Gasteiger partial charge in [0.2, 0.25) is 0 Å². The Morgan fingerprint density at radius 1 is 1.23 bits per heavy atom. The van der Waals surface area contributed by atoms with Crippen molar-refractivity contribution in [3.05, 3.63) is 67.7 Å². The van der Waals surface area contributed by atoms with Gasteiger partial charge >= 0.3 is 12.1 Å². The van der Waals surface area contributed by atoms with E-state index in [1.165, 1.54) is 6.07 Å². The lowest BCUT2D eigenvalue weighted by Crippen LogP contribution is -2.08. The van der Waals surface area contributed by atoms with Crippen molar-refractivity contribution in [1.82, 2.24) is 0 Å². The fourth-order valence-corrected chi connectivity index (χ4v) is 4.12. The first-order valence-corrected chi connectivity index (χ1v) is 9.98. The molecule has 0 spiro atoms. The highest BCUT2D eigenvalue weighted by Crippen LogP contribution is 2.44. The van der Waals surface area contributed by atoms with Gasteiger partial charge in [-0.25, -0.2) is 0 Å². The number of halogens is 5. The van der Waals surface area contributed by atoms with E-state index < -0.39 is 17.7 Å². The number of rotatable bonds is 6. The maximum atomic E-state index is 13.2. The van der Waals surface area contributed by atoms with E-state index >= 15 is 0 Å². The van der Waals surface area contributed by atoms with Crippen LogP contribution >= 0.6 is 23.2 Å². The lowest BCUT2D eigenvalue weighted by Gasteiger charge is -2.17. The Kier molecular flexibility index (Phi) is 6.39. The SMILES string of the molecule is Cc1cc(C(F)(F)F)cc2c1C=C(Cc1c(Cl)ccc(OCCC(=O)O)c1Cl)C2C. The van der Waals surface area contributed by atoms with E-state index in [0.29, 0.717) is 33.9 Å². The topological polar surface area (TPSA) is 46.5 Å². The molecular weight excluding hydrogens is 440 g/mol. The number of carbonyl (C=O) groups is 1. The first kappa shape index (κ1) is 22.5. The van der Waals surface area contributed by atoms with Crippen molar-refractivity contribution < 1.29 is 27.8 Å². The standard InChI is InChI=1S/C22H19Cl2F3O3/c1-11-7-14(22(25,26)27)10-16-12(2)13(8-15(11)16)9-17-18(23)3-4-19(21(17)24)30-6-5-20(28)29/h3-4,7-8,10,12H,5-6,9H2,1-2H3,(H,28,29). The van der Waals surface area contributed by atoms with E-state index in [9.17, 15) is 18.0 Å². The molecule has 1 unspecified atom stereocenters. The number of fused-ring (bicyclic) bond motifs is 1. The van der Waals surface area contributed by atoms with Crippen LogP contribution in [0.2, 0.25) is 10.0 Å². The first-order valence-electron chi connectivity index (χ1n) is 9.22. The summed E-state index contributed by atoms with van der Waals surface area (Å²) < 4.78 is 45.1. The molecule has 0 heterocycles. The largest absolute Gasteiger partial charge is 0.491 e. The highest BCUT2D eigenvalue weighted by atomic mass is 35.5. The second-order valence-corrected chi connectivity index (χ2v) is 8.03. The van der Waals surface area contributed by atoms with E-state index in [-0.39, 0.29) is 24.0 Å². The van der Waals surface area contributed by atoms with Gasteiger partial charge in [-0.3, -0.25) is 4.79 Å². The molecule has 30 heavy (non-hydrogen) atoms. The number of carboxylic acids is 1. The van der Waals surface area contributed by atoms with Crippen LogP contribution in [0.5, 0.6) is 5.75 Å². The number of aryl methyl sites for hydroxylation is 1. The summed E-state index contributed by atoms with van der Waals surface area (Å²) in [6, 6.07) is 5.53. The quantitative estimate of drug-likeness (QED) is 0.510. The van der Waals surface area contributed by atoms with Crippen molar-refractivity contribution in [1.29, 1.82) is 0 Å². The Bertz CT molecular complexity index is 1030. The van der Waals surface area contributed by atoms with Crippen molar-refractivity contribution in [2.24, 2.45) is 0 Å². The van der Waals surface area contributed by atoms with E-state index in [2.05, 4.69) is 0 Å². The molecule has 3 nitrogen and oxygen atoms in total. The zero-order chi connectivity index (χ0) is 22.2. The minimum absolute atomic E-state index is 0.0416. The van der Waals surface area contributed by atoms with Crippen LogP contribution in [0, 0.1) is 6.92 Å². The Labute approximate surface area is 182 Å². The smallest absolute Gasteiger partial charge is 0.416 e. The summed E-state index contributed by atoms with van der Waals surface area (Å²) >= 11 is 12.8. The molecule has 0 amide bonds. The molecule has 1 aliphatic rings. The summed E-state index contributed by atoms with van der Waals surface area (Å²) in [4.78, 5) is 10.7. The summed E-state index contributed by atoms with van der Waals surface area (Å²) in [5, 5.41) is 9.42. The fourth-order valence-electron chi connectivity index (χ4n) is 3.56. The number of hydrogen-bond acceptors (Lipinski definition) is 2. The number of aliphatic carboxylic acids is 1. The molecule has 160 valence electrons. The minimum Gasteiger partial charge on any atom is -0.491 e. The molecule has 3 rings (SSSR count). The molecule has 8 heteroatoms. The molecule has 1 aliphatic carbocycles. The van der Waals surface area contributed by atoms with Crippen LogP contribution in [0.1, 0.15) is 47.1 Å². The lowest BCUT2D eigenvalue weighted by atomic mass is 9.91. The number of carboxylic acid groups (broad SMARTS) is 1. The van der Waals surface area contributed by atoms with Gasteiger partial charge in [0, 0.05) is 10.9 Å². The van der Waals surface area contributed by atoms with Gasteiger partial charge in [0.15, 0.2) is 0 Å². The van der Waals surface area contributed by atoms with Crippen LogP contribution in [0.15, 0.2) is 29.8 Å². The molecule has 0 bridgehead atoms. The Hall–Kier alpha value is -2.18. The van der Waals surface area contributed by atoms with Gasteiger partial charge in [-0.05, 0) is 59.9 Å². The van der Waals surface area contributed by atoms with Crippen molar-refractivity contribution >= 4 is 35.2 Å². The van der Waals surface area contributed by atoms with E-state index in [0.717, 1.165) is 17.2 Å². The predicted molar refractivity (Wildman–Crippen MR) is 110 cm³/mol. The van der Waals surface area contributed by atoms with Crippen molar-refractivity contribution in [2.75, 3.05) is 6.61 Å². The highest BCUT2D eigenvalue weighted by molar-refractivity contribution is 6.37. The van der Waals surface area contributed by atoms with E-state index in [1.54, 1.807) is 19.1 Å². The summed E-state index contributed by atoms with van der Waals surface area (Å²) in [5.41, 5.74) is 2.78. The van der Waals surface area contributed by atoms with Crippen LogP contribution in [0.25, 0.3) is 6.08 Å². The third-order valence-corrected chi connectivity index (χ3v) is 5.97. The molecule has 0 saturated carbocycles. The zero-order valence-corrected chi connectivity index (χ0v) is 17.8. The third-order valence-electron chi connectivity index (χ3n) is 5.20. The molecule has 0 aromatic heterocycles. The maximum absolute atomic E-state index is 13.2. The zero-order valence-electron chi connectivity index (χ0n) is 16.2. The van der Waals surface area contributed by atoms with Crippen LogP contribution in [0.4, 0.5) is 13.2 Å². The van der Waals surface area contributed by atoms with Crippen LogP contribution in [-0.2, 0) is 17.4 Å². The third kappa shape index (κ3) is 4.60. The van der Waals surface area contributed by atoms with Crippen molar-refractivity contribution in [2.45, 2.75) is 38.8 Å². The summed E-state index contributed by atoms with van der Waals surface area (Å²) in [7, 11) is 0. The Morgan fingerprint density at radius 2 is 1.93 bits per heavy atom. The number of allylic oxidation sites excluding steroid dienone is 1. The summed E-state index contributed by atoms with van der Waals surface area (Å²) in [6.45, 7) is 3.48. The average Bonchev–Trinajstić information content (AvgIpc) is 2.96. The Morgan fingerprint density at radius 3 is 2.57 bits per heavy atom. The molecule has 0 saturated heterocycles. The fraction of sp³-hybridized carbons (Fsp3) is 0.318. The molecule has 0 fully saturated rings. The Balaban J connectivity index is 1.89. The molecule has 2 aromatic carbocycles. The first-order chi connectivity index (χ1) is 14.0. The van der Waals surface area contributed by atoms with Crippen LogP contribution in [0.3, 0.4) is 0 Å². The number of alkyl halides is 3. The second-order valence-electron chi connectivity index (χ2n) is 7.24. The maximum Gasteiger partial charge on any atom is 0.416 e. The van der Waals surface area contributed by atoms with Crippen LogP contribution < -0.4 is 4.74 Å². The normalized spacial score (nSPS) is 15.7. The molecule has 0 aliphatic heterocycles. The minimum atomic E-state index is -4.41. The van der Waals surface area contributed by atoms with Crippen molar-refractivity contribution in [3.63, 3.8) is 0 Å². The molecule has 2 aromatic rings. The molecular formula is C22H19Cl2F3O3. The summed E-state index contributed by atoms with van der Waals surface area (Å²) in [6.07, 6.45) is -2.35. The van der Waals surface area contributed by atoms with Gasteiger partial charge in [-0.1, -0.05) is 41.8 Å². The molecule has 0 radical (unpaired) electrons. The highest BCUT2D eigenvalue weighted by Gasteiger charge is 2.34. The van der Waals surface area contributed by atoms with Gasteiger partial charge < -0.3 is 9.84 Å². The second kappa shape index (κ2) is 8.52. The van der Waals surface area contributed by atoms with Gasteiger partial charge in [0.1, 0.15) is 5.75 Å². The summed E-state index contributed by atoms with van der Waals surface area (Å²) in [5.74, 6) is -0.905. The monoisotopic (exact) mass is 458 g/mol. The van der Waals surface area contributed by atoms with Gasteiger partial charge in [-0.15, -0.1) is 0 Å². The molecule has 1 N–H and O–H groups in total. The number of ether oxygens (including phenoxy) is 1. The number of hydrogen-bond donors (Lipinski definition) is 1. The van der Waals surface area contributed by atoms with E-state index in [4.69, 9.17) is 33.0 Å². The van der Waals surface area contributed by atoms with Gasteiger partial charge in [0.25, 0.3) is 0 Å². The van der Waals surface area contributed by atoms with Crippen molar-refractivity contribution in [3.8, 4) is 5.75 Å².